The van der Waals surface area contributed by atoms with Gasteiger partial charge in [0.15, 0.2) is 0 Å². The summed E-state index contributed by atoms with van der Waals surface area (Å²) in [5.41, 5.74) is 3.31. The lowest BCUT2D eigenvalue weighted by Gasteiger charge is -2.34. The van der Waals surface area contributed by atoms with E-state index in [1.165, 1.54) is 17.2 Å². The van der Waals surface area contributed by atoms with Gasteiger partial charge in [0.05, 0.1) is 0 Å². The van der Waals surface area contributed by atoms with E-state index in [4.69, 9.17) is 0 Å². The van der Waals surface area contributed by atoms with Gasteiger partial charge in [-0.15, -0.1) is 0 Å². The Bertz CT molecular complexity index is 895. The lowest BCUT2D eigenvalue weighted by molar-refractivity contribution is 0.0952. The number of carbonyl (C=O) groups is 2. The minimum atomic E-state index is -0.405. The SMILES string of the molecule is Cc1cccc(CN2CCN(C(=O)NCCNC(=O)c3ccc(C)c(F)c3)CC2)c1. The van der Waals surface area contributed by atoms with Crippen LogP contribution in [-0.4, -0.2) is 61.0 Å². The molecular weight excluding hydrogens is 383 g/mol. The number of nitrogens with one attached hydrogen (secondary N) is 2. The molecule has 2 aromatic rings. The molecule has 0 aliphatic carbocycles. The molecule has 1 saturated heterocycles. The van der Waals surface area contributed by atoms with Crippen LogP contribution >= 0.6 is 0 Å². The maximum absolute atomic E-state index is 13.6. The predicted octanol–water partition coefficient (Wildman–Crippen LogP) is 2.70. The van der Waals surface area contributed by atoms with E-state index in [0.29, 0.717) is 25.2 Å². The fourth-order valence-corrected chi connectivity index (χ4v) is 3.47. The lowest BCUT2D eigenvalue weighted by Crippen LogP contribution is -2.52. The summed E-state index contributed by atoms with van der Waals surface area (Å²) in [6.45, 7) is 8.24. The first-order valence-corrected chi connectivity index (χ1v) is 10.3. The maximum Gasteiger partial charge on any atom is 0.317 e. The summed E-state index contributed by atoms with van der Waals surface area (Å²) in [7, 11) is 0. The quantitative estimate of drug-likeness (QED) is 0.717. The molecule has 0 unspecified atom stereocenters. The zero-order valence-electron chi connectivity index (χ0n) is 17.6. The van der Waals surface area contributed by atoms with Crippen molar-refractivity contribution in [3.05, 3.63) is 70.5 Å². The van der Waals surface area contributed by atoms with E-state index in [2.05, 4.69) is 46.7 Å². The summed E-state index contributed by atoms with van der Waals surface area (Å²) in [5.74, 6) is -0.759. The highest BCUT2D eigenvalue weighted by atomic mass is 19.1. The van der Waals surface area contributed by atoms with Gasteiger partial charge < -0.3 is 15.5 Å². The molecule has 2 aromatic carbocycles. The Morgan fingerprint density at radius 2 is 1.70 bits per heavy atom. The Hall–Kier alpha value is -2.93. The number of benzene rings is 2. The van der Waals surface area contributed by atoms with Gasteiger partial charge in [-0.05, 0) is 37.1 Å². The van der Waals surface area contributed by atoms with Crippen LogP contribution in [0.3, 0.4) is 0 Å². The molecule has 3 amide bonds. The first kappa shape index (κ1) is 21.8. The highest BCUT2D eigenvalue weighted by molar-refractivity contribution is 5.94. The van der Waals surface area contributed by atoms with Crippen molar-refractivity contribution in [2.75, 3.05) is 39.3 Å². The zero-order chi connectivity index (χ0) is 21.5. The molecule has 0 radical (unpaired) electrons. The van der Waals surface area contributed by atoms with Crippen LogP contribution in [0.2, 0.25) is 0 Å². The standard InChI is InChI=1S/C23H29FN4O2/c1-17-4-3-5-19(14-17)16-27-10-12-28(13-11-27)23(30)26-9-8-25-22(29)20-7-6-18(2)21(24)15-20/h3-7,14-15H,8-13,16H2,1-2H3,(H,25,29)(H,26,30). The minimum Gasteiger partial charge on any atom is -0.350 e. The number of hydrogen-bond acceptors (Lipinski definition) is 3. The first-order chi connectivity index (χ1) is 14.4. The van der Waals surface area contributed by atoms with Gasteiger partial charge in [-0.25, -0.2) is 9.18 Å². The average Bonchev–Trinajstić information content (AvgIpc) is 2.73. The number of aryl methyl sites for hydroxylation is 2. The zero-order valence-corrected chi connectivity index (χ0v) is 17.6. The third kappa shape index (κ3) is 6.03. The fourth-order valence-electron chi connectivity index (χ4n) is 3.47. The molecule has 6 nitrogen and oxygen atoms in total. The minimum absolute atomic E-state index is 0.124. The summed E-state index contributed by atoms with van der Waals surface area (Å²) >= 11 is 0. The second-order valence-corrected chi connectivity index (χ2v) is 7.70. The van der Waals surface area contributed by atoms with Crippen LogP contribution in [0.4, 0.5) is 9.18 Å². The van der Waals surface area contributed by atoms with Gasteiger partial charge in [-0.1, -0.05) is 35.9 Å². The fraction of sp³-hybridized carbons (Fsp3) is 0.391. The van der Waals surface area contributed by atoms with Crippen LogP contribution in [0.25, 0.3) is 0 Å². The van der Waals surface area contributed by atoms with Crippen LogP contribution < -0.4 is 10.6 Å². The van der Waals surface area contributed by atoms with E-state index in [-0.39, 0.29) is 24.0 Å². The highest BCUT2D eigenvalue weighted by Crippen LogP contribution is 2.11. The number of urea groups is 1. The number of nitrogens with zero attached hydrogens (tertiary/aromatic N) is 2. The summed E-state index contributed by atoms with van der Waals surface area (Å²) in [5, 5.41) is 5.53. The van der Waals surface area contributed by atoms with Gasteiger partial charge >= 0.3 is 6.03 Å². The van der Waals surface area contributed by atoms with Crippen LogP contribution in [0.5, 0.6) is 0 Å². The molecule has 3 rings (SSSR count). The van der Waals surface area contributed by atoms with Crippen molar-refractivity contribution in [3.63, 3.8) is 0 Å². The molecular formula is C23H29FN4O2. The van der Waals surface area contributed by atoms with Crippen LogP contribution in [0, 0.1) is 19.7 Å². The van der Waals surface area contributed by atoms with Gasteiger partial charge in [0.1, 0.15) is 5.82 Å². The Labute approximate surface area is 177 Å². The molecule has 160 valence electrons. The third-order valence-electron chi connectivity index (χ3n) is 5.27. The van der Waals surface area contributed by atoms with E-state index >= 15 is 0 Å². The molecule has 0 saturated carbocycles. The second-order valence-electron chi connectivity index (χ2n) is 7.70. The number of amides is 3. The second kappa shape index (κ2) is 10.2. The Morgan fingerprint density at radius 1 is 0.967 bits per heavy atom. The Balaban J connectivity index is 1.34. The van der Waals surface area contributed by atoms with E-state index in [1.807, 2.05) is 0 Å². The summed E-state index contributed by atoms with van der Waals surface area (Å²) in [6, 6.07) is 12.7. The van der Waals surface area contributed by atoms with Crippen molar-refractivity contribution in [1.29, 1.82) is 0 Å². The van der Waals surface area contributed by atoms with Gasteiger partial charge in [-0.3, -0.25) is 9.69 Å². The molecule has 0 atom stereocenters. The van der Waals surface area contributed by atoms with E-state index < -0.39 is 5.82 Å². The molecule has 0 bridgehead atoms. The molecule has 0 aromatic heterocycles. The number of piperazine rings is 1. The molecule has 2 N–H and O–H groups in total. The molecule has 1 aliphatic heterocycles. The largest absolute Gasteiger partial charge is 0.350 e. The van der Waals surface area contributed by atoms with Crippen molar-refractivity contribution >= 4 is 11.9 Å². The normalized spacial score (nSPS) is 14.4. The van der Waals surface area contributed by atoms with Crippen LogP contribution in [0.1, 0.15) is 27.0 Å². The summed E-state index contributed by atoms with van der Waals surface area (Å²) in [6.07, 6.45) is 0. The van der Waals surface area contributed by atoms with E-state index in [9.17, 15) is 14.0 Å². The number of carbonyl (C=O) groups excluding carboxylic acids is 2. The molecule has 7 heteroatoms. The molecule has 1 aliphatic rings. The Kier molecular flexibility index (Phi) is 7.41. The Morgan fingerprint density at radius 3 is 2.40 bits per heavy atom. The van der Waals surface area contributed by atoms with Crippen molar-refractivity contribution in [2.24, 2.45) is 0 Å². The molecule has 1 heterocycles. The first-order valence-electron chi connectivity index (χ1n) is 10.3. The molecule has 0 spiro atoms. The van der Waals surface area contributed by atoms with Crippen molar-refractivity contribution < 1.29 is 14.0 Å². The smallest absolute Gasteiger partial charge is 0.317 e. The highest BCUT2D eigenvalue weighted by Gasteiger charge is 2.20. The van der Waals surface area contributed by atoms with Crippen molar-refractivity contribution in [2.45, 2.75) is 20.4 Å². The topological polar surface area (TPSA) is 64.7 Å². The lowest BCUT2D eigenvalue weighted by atomic mass is 10.1. The van der Waals surface area contributed by atoms with E-state index in [0.717, 1.165) is 19.6 Å². The van der Waals surface area contributed by atoms with Gasteiger partial charge in [0, 0.05) is 51.4 Å². The van der Waals surface area contributed by atoms with Crippen LogP contribution in [-0.2, 0) is 6.54 Å². The van der Waals surface area contributed by atoms with Gasteiger partial charge in [0.25, 0.3) is 5.91 Å². The molecule has 30 heavy (non-hydrogen) atoms. The number of halogens is 1. The van der Waals surface area contributed by atoms with Crippen molar-refractivity contribution in [1.82, 2.24) is 20.4 Å². The van der Waals surface area contributed by atoms with Crippen molar-refractivity contribution in [3.8, 4) is 0 Å². The average molecular weight is 413 g/mol. The van der Waals surface area contributed by atoms with Gasteiger partial charge in [0.2, 0.25) is 0 Å². The van der Waals surface area contributed by atoms with E-state index in [1.54, 1.807) is 24.0 Å². The summed E-state index contributed by atoms with van der Waals surface area (Å²) in [4.78, 5) is 28.5. The third-order valence-corrected chi connectivity index (χ3v) is 5.27. The number of hydrogen-bond donors (Lipinski definition) is 2. The monoisotopic (exact) mass is 412 g/mol. The molecule has 1 fully saturated rings. The maximum atomic E-state index is 13.6. The van der Waals surface area contributed by atoms with Gasteiger partial charge in [-0.2, -0.15) is 0 Å². The number of rotatable bonds is 6. The predicted molar refractivity (Wildman–Crippen MR) is 115 cm³/mol. The van der Waals surface area contributed by atoms with Crippen LogP contribution in [0.15, 0.2) is 42.5 Å². The summed E-state index contributed by atoms with van der Waals surface area (Å²) < 4.78 is 13.6.